The lowest BCUT2D eigenvalue weighted by Gasteiger charge is -2.36. The van der Waals surface area contributed by atoms with Crippen LogP contribution in [-0.4, -0.2) is 58.8 Å². The summed E-state index contributed by atoms with van der Waals surface area (Å²) < 4.78 is 0. The molecule has 2 N–H and O–H groups in total. The number of carboxylic acid groups (broad SMARTS) is 1. The number of nitrogens with one attached hydrogen (secondary N) is 1. The number of amides is 1. The van der Waals surface area contributed by atoms with Crippen molar-refractivity contribution >= 4 is 23.6 Å². The number of thioether (sulfide) groups is 1. The number of aliphatic carboxylic acids is 1. The molecule has 0 unspecified atom stereocenters. The van der Waals surface area contributed by atoms with E-state index < -0.39 is 11.4 Å². The molecule has 3 heterocycles. The van der Waals surface area contributed by atoms with E-state index in [2.05, 4.69) is 12.2 Å². The molecule has 2 aliphatic heterocycles. The summed E-state index contributed by atoms with van der Waals surface area (Å²) in [7, 11) is 0. The summed E-state index contributed by atoms with van der Waals surface area (Å²) in [5.41, 5.74) is 0.965. The molecule has 28 heavy (non-hydrogen) atoms. The van der Waals surface area contributed by atoms with Crippen molar-refractivity contribution in [2.45, 2.75) is 62.3 Å². The maximum atomic E-state index is 13.1. The van der Waals surface area contributed by atoms with Gasteiger partial charge in [-0.1, -0.05) is 6.92 Å². The van der Waals surface area contributed by atoms with Crippen LogP contribution < -0.4 is 5.32 Å². The van der Waals surface area contributed by atoms with Crippen LogP contribution in [0, 0.1) is 0 Å². The molecule has 0 radical (unpaired) electrons. The molecule has 2 fully saturated rings. The van der Waals surface area contributed by atoms with Gasteiger partial charge < -0.3 is 15.3 Å². The predicted octanol–water partition coefficient (Wildman–Crippen LogP) is 3.31. The molecule has 1 amide bonds. The lowest BCUT2D eigenvalue weighted by molar-refractivity contribution is -0.138. The Kier molecular flexibility index (Phi) is 7.35. The van der Waals surface area contributed by atoms with Gasteiger partial charge >= 0.3 is 5.97 Å². The van der Waals surface area contributed by atoms with Gasteiger partial charge in [-0.2, -0.15) is 0 Å². The summed E-state index contributed by atoms with van der Waals surface area (Å²) in [6, 6.07) is 3.78. The van der Waals surface area contributed by atoms with E-state index in [9.17, 15) is 14.7 Å². The summed E-state index contributed by atoms with van der Waals surface area (Å²) in [5.74, 6) is 0.147. The second-order valence-electron chi connectivity index (χ2n) is 7.88. The number of carbonyl (C=O) groups is 2. The topological polar surface area (TPSA) is 82.5 Å². The van der Waals surface area contributed by atoms with Crippen LogP contribution in [0.15, 0.2) is 17.2 Å². The Balaban J connectivity index is 1.94. The Hall–Kier alpha value is -1.60. The van der Waals surface area contributed by atoms with E-state index in [4.69, 9.17) is 4.98 Å². The van der Waals surface area contributed by atoms with E-state index in [-0.39, 0.29) is 12.3 Å². The lowest BCUT2D eigenvalue weighted by atomic mass is 9.74. The van der Waals surface area contributed by atoms with Crippen molar-refractivity contribution in [1.29, 1.82) is 0 Å². The van der Waals surface area contributed by atoms with E-state index >= 15 is 0 Å². The zero-order chi connectivity index (χ0) is 20.0. The minimum absolute atomic E-state index is 0.0598. The van der Waals surface area contributed by atoms with Crippen LogP contribution in [0.2, 0.25) is 0 Å². The first-order valence-electron chi connectivity index (χ1n) is 10.4. The Morgan fingerprint density at radius 1 is 1.25 bits per heavy atom. The van der Waals surface area contributed by atoms with Crippen molar-refractivity contribution in [3.63, 3.8) is 0 Å². The third-order valence-electron chi connectivity index (χ3n) is 5.68. The maximum absolute atomic E-state index is 13.1. The Labute approximate surface area is 171 Å². The molecule has 0 aliphatic carbocycles. The second-order valence-corrected chi connectivity index (χ2v) is 8.97. The normalized spacial score (nSPS) is 22.8. The highest BCUT2D eigenvalue weighted by Gasteiger charge is 2.38. The summed E-state index contributed by atoms with van der Waals surface area (Å²) in [5, 5.41) is 13.6. The first kappa shape index (κ1) is 21.1. The first-order valence-corrected chi connectivity index (χ1v) is 11.4. The van der Waals surface area contributed by atoms with E-state index in [0.29, 0.717) is 12.1 Å². The fraction of sp³-hybridized carbons (Fsp3) is 0.667. The maximum Gasteiger partial charge on any atom is 0.304 e. The molecule has 7 heteroatoms. The van der Waals surface area contributed by atoms with Crippen molar-refractivity contribution < 1.29 is 14.7 Å². The quantitative estimate of drug-likeness (QED) is 0.677. The van der Waals surface area contributed by atoms with Gasteiger partial charge in [0.15, 0.2) is 0 Å². The van der Waals surface area contributed by atoms with Gasteiger partial charge in [0.2, 0.25) is 0 Å². The molecule has 0 spiro atoms. The average Bonchev–Trinajstić information content (AvgIpc) is 2.72. The van der Waals surface area contributed by atoms with Crippen LogP contribution in [0.4, 0.5) is 0 Å². The average molecular weight is 406 g/mol. The van der Waals surface area contributed by atoms with Crippen LogP contribution in [-0.2, 0) is 10.2 Å². The van der Waals surface area contributed by atoms with Crippen LogP contribution in [0.1, 0.15) is 67.9 Å². The number of rotatable bonds is 7. The molecule has 3 rings (SSSR count). The standard InChI is InChI=1S/C21H31N3O3S/c1-2-13-28-19-16(20(27)24-11-4-3-5-12-24)7-8-17(23-19)21(14-18(25)26)9-6-10-22-15-21/h7-8,22H,2-6,9-15H2,1H3,(H,25,26)/t21-/m0/s1. The highest BCUT2D eigenvalue weighted by Crippen LogP contribution is 2.36. The highest BCUT2D eigenvalue weighted by molar-refractivity contribution is 7.99. The number of pyridine rings is 1. The predicted molar refractivity (Wildman–Crippen MR) is 111 cm³/mol. The Morgan fingerprint density at radius 2 is 2.04 bits per heavy atom. The summed E-state index contributed by atoms with van der Waals surface area (Å²) in [6.45, 7) is 5.25. The van der Waals surface area contributed by atoms with Crippen LogP contribution in [0.25, 0.3) is 0 Å². The van der Waals surface area contributed by atoms with Crippen molar-refractivity contribution in [2.24, 2.45) is 0 Å². The molecule has 0 saturated carbocycles. The van der Waals surface area contributed by atoms with Gasteiger partial charge in [0, 0.05) is 30.7 Å². The number of hydrogen-bond acceptors (Lipinski definition) is 5. The van der Waals surface area contributed by atoms with Gasteiger partial charge in [-0.25, -0.2) is 4.98 Å². The third kappa shape index (κ3) is 4.87. The molecule has 1 aromatic rings. The van der Waals surface area contributed by atoms with Crippen molar-refractivity contribution in [1.82, 2.24) is 15.2 Å². The van der Waals surface area contributed by atoms with Crippen molar-refractivity contribution in [3.05, 3.63) is 23.4 Å². The molecule has 6 nitrogen and oxygen atoms in total. The molecule has 0 aromatic carbocycles. The molecule has 1 aromatic heterocycles. The van der Waals surface area contributed by atoms with Gasteiger partial charge in [0.1, 0.15) is 5.03 Å². The lowest BCUT2D eigenvalue weighted by Crippen LogP contribution is -2.45. The molecular formula is C21H31N3O3S. The molecule has 2 aliphatic rings. The van der Waals surface area contributed by atoms with E-state index in [1.807, 2.05) is 17.0 Å². The monoisotopic (exact) mass is 405 g/mol. The number of carboxylic acids is 1. The fourth-order valence-electron chi connectivity index (χ4n) is 4.19. The highest BCUT2D eigenvalue weighted by atomic mass is 32.2. The number of likely N-dealkylation sites (tertiary alicyclic amines) is 1. The van der Waals surface area contributed by atoms with Gasteiger partial charge in [0.05, 0.1) is 12.0 Å². The number of hydrogen-bond donors (Lipinski definition) is 2. The van der Waals surface area contributed by atoms with Crippen molar-refractivity contribution in [3.8, 4) is 0 Å². The zero-order valence-electron chi connectivity index (χ0n) is 16.7. The largest absolute Gasteiger partial charge is 0.481 e. The van der Waals surface area contributed by atoms with Gasteiger partial charge in [-0.15, -0.1) is 11.8 Å². The summed E-state index contributed by atoms with van der Waals surface area (Å²) >= 11 is 1.61. The van der Waals surface area contributed by atoms with Crippen LogP contribution in [0.3, 0.4) is 0 Å². The van der Waals surface area contributed by atoms with Crippen molar-refractivity contribution in [2.75, 3.05) is 31.9 Å². The van der Waals surface area contributed by atoms with Crippen LogP contribution in [0.5, 0.6) is 0 Å². The molecule has 0 bridgehead atoms. The summed E-state index contributed by atoms with van der Waals surface area (Å²) in [4.78, 5) is 31.5. The SMILES string of the molecule is CCCSc1nc([C@]2(CC(=O)O)CCCNC2)ccc1C(=O)N1CCCCC1. The van der Waals surface area contributed by atoms with Crippen LogP contribution >= 0.6 is 11.8 Å². The molecule has 154 valence electrons. The van der Waals surface area contributed by atoms with Gasteiger partial charge in [0.25, 0.3) is 5.91 Å². The minimum atomic E-state index is -0.804. The Morgan fingerprint density at radius 3 is 2.68 bits per heavy atom. The minimum Gasteiger partial charge on any atom is -0.481 e. The first-order chi connectivity index (χ1) is 13.6. The van der Waals surface area contributed by atoms with E-state index in [1.54, 1.807) is 11.8 Å². The number of aromatic nitrogens is 1. The molecule has 2 saturated heterocycles. The third-order valence-corrected chi connectivity index (χ3v) is 6.88. The van der Waals surface area contributed by atoms with Gasteiger partial charge in [-0.05, 0) is 63.0 Å². The number of piperidine rings is 2. The molecule has 1 atom stereocenters. The fourth-order valence-corrected chi connectivity index (χ4v) is 5.06. The number of nitrogens with zero attached hydrogens (tertiary/aromatic N) is 2. The second kappa shape index (κ2) is 9.74. The smallest absolute Gasteiger partial charge is 0.304 e. The van der Waals surface area contributed by atoms with E-state index in [1.165, 1.54) is 6.42 Å². The Bertz CT molecular complexity index is 698. The molecular weight excluding hydrogens is 374 g/mol. The zero-order valence-corrected chi connectivity index (χ0v) is 17.5. The number of carbonyl (C=O) groups excluding carboxylic acids is 1. The summed E-state index contributed by atoms with van der Waals surface area (Å²) in [6.07, 6.45) is 6.09. The van der Waals surface area contributed by atoms with E-state index in [0.717, 1.165) is 68.2 Å². The van der Waals surface area contributed by atoms with Gasteiger partial charge in [-0.3, -0.25) is 9.59 Å².